The smallest absolute Gasteiger partial charge is 0.319 e. The van der Waals surface area contributed by atoms with Crippen molar-refractivity contribution < 1.29 is 19.3 Å². The maximum atomic E-state index is 16.9. The summed E-state index contributed by atoms with van der Waals surface area (Å²) in [4.78, 5) is 14.4. The van der Waals surface area contributed by atoms with E-state index in [1.807, 2.05) is 24.3 Å². The van der Waals surface area contributed by atoms with Crippen LogP contribution in [-0.2, 0) is 0 Å². The van der Waals surface area contributed by atoms with Gasteiger partial charge in [-0.1, -0.05) is 24.1 Å². The van der Waals surface area contributed by atoms with Gasteiger partial charge < -0.3 is 30.1 Å². The molecule has 5 heterocycles. The molecule has 4 bridgehead atoms. The number of phenolic OH excluding ortho intramolecular Hbond substituents is 1. The number of phenols is 1. The van der Waals surface area contributed by atoms with Crippen LogP contribution in [0.1, 0.15) is 37.7 Å². The van der Waals surface area contributed by atoms with Gasteiger partial charge in [0.05, 0.1) is 12.7 Å². The van der Waals surface area contributed by atoms with E-state index in [1.54, 1.807) is 18.2 Å². The molecule has 3 aromatic carbocycles. The van der Waals surface area contributed by atoms with Gasteiger partial charge in [-0.15, -0.1) is 6.42 Å². The van der Waals surface area contributed by atoms with E-state index in [0.29, 0.717) is 63.8 Å². The Morgan fingerprint density at radius 3 is 2.52 bits per heavy atom. The van der Waals surface area contributed by atoms with E-state index >= 15 is 4.39 Å². The number of aromatic nitrogens is 2. The molecule has 8 nitrogen and oxygen atoms in total. The second-order valence-electron chi connectivity index (χ2n) is 14.5. The zero-order valence-corrected chi connectivity index (χ0v) is 25.8. The zero-order valence-electron chi connectivity index (χ0n) is 25.8. The summed E-state index contributed by atoms with van der Waals surface area (Å²) in [7, 11) is 0. The van der Waals surface area contributed by atoms with Gasteiger partial charge in [-0.25, -0.2) is 4.39 Å². The number of nitrogens with zero attached hydrogens (tertiary/aromatic N) is 4. The van der Waals surface area contributed by atoms with Crippen LogP contribution in [-0.4, -0.2) is 82.6 Å². The Labute approximate surface area is 267 Å². The third kappa shape index (κ3) is 4.69. The molecule has 4 atom stereocenters. The Morgan fingerprint density at radius 1 is 1.02 bits per heavy atom. The van der Waals surface area contributed by atoms with Crippen molar-refractivity contribution in [2.24, 2.45) is 17.3 Å². The van der Waals surface area contributed by atoms with Crippen molar-refractivity contribution in [3.63, 3.8) is 0 Å². The van der Waals surface area contributed by atoms with Gasteiger partial charge in [0, 0.05) is 72.1 Å². The molecule has 4 aromatic rings. The fourth-order valence-electron chi connectivity index (χ4n) is 8.66. The van der Waals surface area contributed by atoms with E-state index in [9.17, 15) is 10.2 Å². The van der Waals surface area contributed by atoms with Crippen LogP contribution in [0.2, 0.25) is 0 Å². The van der Waals surface area contributed by atoms with E-state index in [4.69, 9.17) is 21.1 Å². The number of rotatable bonds is 7. The Morgan fingerprint density at radius 2 is 1.80 bits per heavy atom. The molecule has 0 amide bonds. The summed E-state index contributed by atoms with van der Waals surface area (Å²) < 4.78 is 23.3. The number of piperazine rings is 1. The lowest BCUT2D eigenvalue weighted by molar-refractivity contribution is -0.112. The summed E-state index contributed by atoms with van der Waals surface area (Å²) in [6, 6.07) is 13.3. The molecule has 2 aliphatic carbocycles. The molecular formula is C37H38FN5O3. The van der Waals surface area contributed by atoms with Crippen LogP contribution in [0.3, 0.4) is 0 Å². The van der Waals surface area contributed by atoms with Crippen molar-refractivity contribution in [1.82, 2.24) is 20.2 Å². The molecule has 0 radical (unpaired) electrons. The average Bonchev–Trinajstić information content (AvgIpc) is 3.75. The number of halogens is 1. The number of fused-ring (bicyclic) bond motifs is 6. The van der Waals surface area contributed by atoms with Gasteiger partial charge in [0.15, 0.2) is 5.82 Å². The Bertz CT molecular complexity index is 1900. The van der Waals surface area contributed by atoms with Crippen molar-refractivity contribution in [3.8, 4) is 35.2 Å². The molecule has 9 heteroatoms. The number of aromatic hydroxyl groups is 1. The van der Waals surface area contributed by atoms with Crippen LogP contribution >= 0.6 is 0 Å². The fraction of sp³-hybridized carbons (Fsp3) is 0.459. The monoisotopic (exact) mass is 619 g/mol. The first-order valence-corrected chi connectivity index (χ1v) is 16.6. The van der Waals surface area contributed by atoms with E-state index in [-0.39, 0.29) is 28.8 Å². The number of terminal acetylenes is 1. The maximum absolute atomic E-state index is 16.9. The van der Waals surface area contributed by atoms with Crippen LogP contribution in [0.5, 0.6) is 11.8 Å². The first kappa shape index (κ1) is 28.3. The molecule has 3 N–H and O–H groups in total. The maximum Gasteiger partial charge on any atom is 0.319 e. The van der Waals surface area contributed by atoms with Gasteiger partial charge in [-0.3, -0.25) is 0 Å². The number of anilines is 1. The molecule has 1 aromatic heterocycles. The van der Waals surface area contributed by atoms with E-state index in [1.165, 1.54) is 0 Å². The van der Waals surface area contributed by atoms with E-state index in [2.05, 4.69) is 21.0 Å². The highest BCUT2D eigenvalue weighted by Crippen LogP contribution is 2.49. The van der Waals surface area contributed by atoms with Crippen LogP contribution in [0, 0.1) is 35.4 Å². The average molecular weight is 620 g/mol. The number of aliphatic hydroxyl groups is 1. The number of aliphatic hydroxyl groups excluding tert-OH is 1. The lowest BCUT2D eigenvalue weighted by Crippen LogP contribution is -2.59. The normalized spacial score (nSPS) is 27.8. The molecule has 6 fully saturated rings. The minimum absolute atomic E-state index is 0.0356. The fourth-order valence-corrected chi connectivity index (χ4v) is 8.66. The lowest BCUT2D eigenvalue weighted by Gasteiger charge is -2.51. The first-order chi connectivity index (χ1) is 22.4. The number of piperidine rings is 2. The SMILES string of the molecule is C#Cc1cccc2cc(O)cc(-c3ccc4c(N5CC6CCC(C5)N6)nc(OCC5(CN6CC7CC(C6)C7O)CC5)nc4c3F)c12. The molecular weight excluding hydrogens is 581 g/mol. The number of nitrogens with one attached hydrogen (secondary N) is 1. The van der Waals surface area contributed by atoms with Gasteiger partial charge in [0.1, 0.15) is 17.1 Å². The summed E-state index contributed by atoms with van der Waals surface area (Å²) in [6.45, 7) is 4.89. The van der Waals surface area contributed by atoms with Gasteiger partial charge in [-0.05, 0) is 79.2 Å². The highest BCUT2D eigenvalue weighted by molar-refractivity contribution is 6.04. The largest absolute Gasteiger partial charge is 0.508 e. The van der Waals surface area contributed by atoms with Crippen LogP contribution in [0.4, 0.5) is 10.2 Å². The molecule has 6 aliphatic rings. The van der Waals surface area contributed by atoms with Gasteiger partial charge in [0.2, 0.25) is 0 Å². The number of hydrogen-bond donors (Lipinski definition) is 3. The molecule has 4 unspecified atom stereocenters. The molecule has 4 aliphatic heterocycles. The summed E-state index contributed by atoms with van der Waals surface area (Å²) >= 11 is 0. The third-order valence-electron chi connectivity index (χ3n) is 11.3. The third-order valence-corrected chi connectivity index (χ3v) is 11.3. The summed E-state index contributed by atoms with van der Waals surface area (Å²) in [5, 5.41) is 26.6. The lowest BCUT2D eigenvalue weighted by atomic mass is 9.68. The van der Waals surface area contributed by atoms with Crippen molar-refractivity contribution in [2.75, 3.05) is 44.2 Å². The minimum Gasteiger partial charge on any atom is -0.508 e. The van der Waals surface area contributed by atoms with Crippen LogP contribution in [0.15, 0.2) is 42.5 Å². The second kappa shape index (κ2) is 10.5. The van der Waals surface area contributed by atoms with Crippen molar-refractivity contribution in [1.29, 1.82) is 0 Å². The topological polar surface area (TPSA) is 94.0 Å². The molecule has 2 saturated carbocycles. The molecule has 0 spiro atoms. The Kier molecular flexibility index (Phi) is 6.47. The summed E-state index contributed by atoms with van der Waals surface area (Å²) in [5.41, 5.74) is 1.71. The highest BCUT2D eigenvalue weighted by atomic mass is 19.1. The molecule has 10 rings (SSSR count). The standard InChI is InChI=1S/C37H38FN5O3/c1-2-21-4-3-5-22-13-27(44)14-30(31(21)22)28-8-9-29-33(32(28)38)40-36(41-35(29)43-17-25-6-7-26(18-43)39-25)46-20-37(10-11-37)19-42-15-23-12-24(16-42)34(23)45/h1,3-5,8-9,13-14,23-26,34,39,44-45H,6-7,10-12,15-20H2. The highest BCUT2D eigenvalue weighted by Gasteiger charge is 2.50. The predicted octanol–water partition coefficient (Wildman–Crippen LogP) is 4.69. The summed E-state index contributed by atoms with van der Waals surface area (Å²) in [5.74, 6) is 3.76. The Balaban J connectivity index is 1.10. The van der Waals surface area contributed by atoms with Crippen LogP contribution < -0.4 is 15.0 Å². The predicted molar refractivity (Wildman–Crippen MR) is 175 cm³/mol. The number of benzene rings is 3. The van der Waals surface area contributed by atoms with E-state index in [0.717, 1.165) is 70.2 Å². The van der Waals surface area contributed by atoms with Gasteiger partial charge in [0.25, 0.3) is 0 Å². The number of ether oxygens (including phenoxy) is 1. The van der Waals surface area contributed by atoms with Crippen molar-refractivity contribution in [2.45, 2.75) is 50.3 Å². The van der Waals surface area contributed by atoms with Gasteiger partial charge >= 0.3 is 6.01 Å². The molecule has 236 valence electrons. The van der Waals surface area contributed by atoms with Crippen molar-refractivity contribution in [3.05, 3.63) is 53.8 Å². The van der Waals surface area contributed by atoms with Crippen molar-refractivity contribution >= 4 is 27.5 Å². The minimum atomic E-state index is -0.491. The Hall–Kier alpha value is -3.97. The van der Waals surface area contributed by atoms with Crippen LogP contribution in [0.25, 0.3) is 32.8 Å². The van der Waals surface area contributed by atoms with Gasteiger partial charge in [-0.2, -0.15) is 9.97 Å². The molecule has 46 heavy (non-hydrogen) atoms. The number of hydrogen-bond acceptors (Lipinski definition) is 8. The quantitative estimate of drug-likeness (QED) is 0.257. The van der Waals surface area contributed by atoms with E-state index < -0.39 is 5.82 Å². The second-order valence-corrected chi connectivity index (χ2v) is 14.5. The first-order valence-electron chi connectivity index (χ1n) is 16.6. The molecule has 4 saturated heterocycles. The summed E-state index contributed by atoms with van der Waals surface area (Å²) in [6.07, 6.45) is 11.2. The zero-order chi connectivity index (χ0) is 31.2.